The van der Waals surface area contributed by atoms with Gasteiger partial charge in [-0.25, -0.2) is 4.39 Å². The highest BCUT2D eigenvalue weighted by atomic mass is 19.1. The van der Waals surface area contributed by atoms with E-state index in [4.69, 9.17) is 5.73 Å². The maximum atomic E-state index is 13.0. The number of anilines is 1. The Labute approximate surface area is 87.6 Å². The van der Waals surface area contributed by atoms with Gasteiger partial charge < -0.3 is 5.73 Å². The number of rotatable bonds is 1. The van der Waals surface area contributed by atoms with Crippen LogP contribution in [0.1, 0.15) is 5.69 Å². The number of nitrogen functional groups attached to an aromatic ring is 1. The zero-order valence-electron chi connectivity index (χ0n) is 8.37. The van der Waals surface area contributed by atoms with Gasteiger partial charge in [-0.2, -0.15) is 0 Å². The Bertz CT molecular complexity index is 495. The maximum Gasteiger partial charge on any atom is 0.146 e. The van der Waals surface area contributed by atoms with Crippen molar-refractivity contribution in [1.82, 2.24) is 4.98 Å². The van der Waals surface area contributed by atoms with Gasteiger partial charge in [0.05, 0.1) is 5.69 Å². The number of hydrogen-bond donors (Lipinski definition) is 1. The average Bonchev–Trinajstić information content (AvgIpc) is 2.23. The third-order valence-corrected chi connectivity index (χ3v) is 2.31. The zero-order valence-corrected chi connectivity index (χ0v) is 8.37. The highest BCUT2D eigenvalue weighted by Crippen LogP contribution is 2.24. The van der Waals surface area contributed by atoms with Gasteiger partial charge in [0.1, 0.15) is 5.82 Å². The van der Waals surface area contributed by atoms with Crippen molar-refractivity contribution in [2.45, 2.75) is 6.92 Å². The lowest BCUT2D eigenvalue weighted by atomic mass is 10.0. The third kappa shape index (κ3) is 1.81. The molecule has 0 saturated heterocycles. The van der Waals surface area contributed by atoms with Gasteiger partial charge in [-0.05, 0) is 30.7 Å². The van der Waals surface area contributed by atoms with Gasteiger partial charge in [0.15, 0.2) is 0 Å². The molecule has 0 spiro atoms. The van der Waals surface area contributed by atoms with Crippen LogP contribution in [0.3, 0.4) is 0 Å². The Morgan fingerprint density at radius 1 is 1.27 bits per heavy atom. The largest absolute Gasteiger partial charge is 0.396 e. The maximum absolute atomic E-state index is 13.0. The second-order valence-corrected chi connectivity index (χ2v) is 3.37. The minimum Gasteiger partial charge on any atom is -0.396 e. The predicted molar refractivity (Wildman–Crippen MR) is 58.8 cm³/mol. The molecule has 0 saturated carbocycles. The normalized spacial score (nSPS) is 10.3. The number of aromatic nitrogens is 1. The first kappa shape index (κ1) is 9.65. The zero-order chi connectivity index (χ0) is 10.8. The summed E-state index contributed by atoms with van der Waals surface area (Å²) in [4.78, 5) is 4.17. The Balaban J connectivity index is 2.55. The highest BCUT2D eigenvalue weighted by Gasteiger charge is 2.04. The molecule has 0 amide bonds. The van der Waals surface area contributed by atoms with Crippen molar-refractivity contribution in [2.24, 2.45) is 0 Å². The predicted octanol–water partition coefficient (Wildman–Crippen LogP) is 2.78. The van der Waals surface area contributed by atoms with E-state index < -0.39 is 0 Å². The Kier molecular flexibility index (Phi) is 2.37. The third-order valence-electron chi connectivity index (χ3n) is 2.31. The monoisotopic (exact) mass is 202 g/mol. The van der Waals surface area contributed by atoms with Crippen LogP contribution in [0.5, 0.6) is 0 Å². The lowest BCUT2D eigenvalue weighted by Gasteiger charge is -2.05. The summed E-state index contributed by atoms with van der Waals surface area (Å²) in [5, 5.41) is 0. The molecule has 1 aromatic heterocycles. The van der Waals surface area contributed by atoms with E-state index in [2.05, 4.69) is 4.98 Å². The number of nitrogens with two attached hydrogens (primary N) is 1. The molecular formula is C12H11FN2. The SMILES string of the molecule is Cc1ncccc1-c1ccc(F)c(N)c1. The van der Waals surface area contributed by atoms with Crippen LogP contribution in [-0.4, -0.2) is 4.98 Å². The molecule has 0 bridgehead atoms. The van der Waals surface area contributed by atoms with Gasteiger partial charge >= 0.3 is 0 Å². The fraction of sp³-hybridized carbons (Fsp3) is 0.0833. The topological polar surface area (TPSA) is 38.9 Å². The quantitative estimate of drug-likeness (QED) is 0.722. The van der Waals surface area contributed by atoms with Crippen molar-refractivity contribution < 1.29 is 4.39 Å². The van der Waals surface area contributed by atoms with Crippen molar-refractivity contribution >= 4 is 5.69 Å². The van der Waals surface area contributed by atoms with Crippen LogP contribution in [0.4, 0.5) is 10.1 Å². The molecule has 2 aromatic rings. The summed E-state index contributed by atoms with van der Waals surface area (Å²) in [6.07, 6.45) is 1.73. The molecule has 0 fully saturated rings. The van der Waals surface area contributed by atoms with E-state index in [-0.39, 0.29) is 11.5 Å². The molecule has 1 aromatic carbocycles. The molecule has 2 rings (SSSR count). The second-order valence-electron chi connectivity index (χ2n) is 3.37. The summed E-state index contributed by atoms with van der Waals surface area (Å²) < 4.78 is 13.0. The van der Waals surface area contributed by atoms with E-state index in [9.17, 15) is 4.39 Å². The van der Waals surface area contributed by atoms with E-state index >= 15 is 0 Å². The van der Waals surface area contributed by atoms with Crippen LogP contribution in [-0.2, 0) is 0 Å². The molecule has 0 unspecified atom stereocenters. The number of aryl methyl sites for hydroxylation is 1. The van der Waals surface area contributed by atoms with Gasteiger partial charge in [-0.3, -0.25) is 4.98 Å². The van der Waals surface area contributed by atoms with Crippen molar-refractivity contribution in [3.05, 3.63) is 48.0 Å². The highest BCUT2D eigenvalue weighted by molar-refractivity contribution is 5.69. The number of pyridine rings is 1. The molecule has 3 heteroatoms. The van der Waals surface area contributed by atoms with E-state index in [0.717, 1.165) is 16.8 Å². The van der Waals surface area contributed by atoms with Crippen LogP contribution in [0.15, 0.2) is 36.5 Å². The molecule has 0 atom stereocenters. The first-order chi connectivity index (χ1) is 7.18. The van der Waals surface area contributed by atoms with Gasteiger partial charge in [-0.15, -0.1) is 0 Å². The molecule has 2 N–H and O–H groups in total. The number of halogens is 1. The molecule has 76 valence electrons. The van der Waals surface area contributed by atoms with Crippen LogP contribution >= 0.6 is 0 Å². The Hall–Kier alpha value is -1.90. The van der Waals surface area contributed by atoms with Gasteiger partial charge in [0.25, 0.3) is 0 Å². The first-order valence-corrected chi connectivity index (χ1v) is 4.65. The van der Waals surface area contributed by atoms with Crippen molar-refractivity contribution in [3.63, 3.8) is 0 Å². The summed E-state index contributed by atoms with van der Waals surface area (Å²) in [6.45, 7) is 1.91. The molecule has 2 nitrogen and oxygen atoms in total. The van der Waals surface area contributed by atoms with Crippen molar-refractivity contribution in [3.8, 4) is 11.1 Å². The molecule has 15 heavy (non-hydrogen) atoms. The minimum atomic E-state index is -0.389. The van der Waals surface area contributed by atoms with Gasteiger partial charge in [0, 0.05) is 17.5 Å². The van der Waals surface area contributed by atoms with E-state index in [0.29, 0.717) is 0 Å². The van der Waals surface area contributed by atoms with Crippen LogP contribution in [0.25, 0.3) is 11.1 Å². The summed E-state index contributed by atoms with van der Waals surface area (Å²) in [6, 6.07) is 8.49. The second kappa shape index (κ2) is 3.69. The summed E-state index contributed by atoms with van der Waals surface area (Å²) in [5.41, 5.74) is 8.45. The van der Waals surface area contributed by atoms with E-state index in [1.807, 2.05) is 19.1 Å². The van der Waals surface area contributed by atoms with Gasteiger partial charge in [0.2, 0.25) is 0 Å². The van der Waals surface area contributed by atoms with E-state index in [1.54, 1.807) is 18.3 Å². The summed E-state index contributed by atoms with van der Waals surface area (Å²) in [7, 11) is 0. The smallest absolute Gasteiger partial charge is 0.146 e. The Morgan fingerprint density at radius 3 is 2.73 bits per heavy atom. The summed E-state index contributed by atoms with van der Waals surface area (Å²) >= 11 is 0. The Morgan fingerprint density at radius 2 is 2.07 bits per heavy atom. The van der Waals surface area contributed by atoms with Crippen LogP contribution < -0.4 is 5.73 Å². The number of hydrogen-bond acceptors (Lipinski definition) is 2. The minimum absolute atomic E-state index is 0.163. The van der Waals surface area contributed by atoms with E-state index in [1.165, 1.54) is 6.07 Å². The fourth-order valence-electron chi connectivity index (χ4n) is 1.50. The first-order valence-electron chi connectivity index (χ1n) is 4.65. The molecular weight excluding hydrogens is 191 g/mol. The van der Waals surface area contributed by atoms with Crippen LogP contribution in [0.2, 0.25) is 0 Å². The summed E-state index contributed by atoms with van der Waals surface area (Å²) in [5.74, 6) is -0.389. The standard InChI is InChI=1S/C12H11FN2/c1-8-10(3-2-6-15-8)9-4-5-11(13)12(14)7-9/h2-7H,14H2,1H3. The molecule has 0 aliphatic heterocycles. The number of benzene rings is 1. The average molecular weight is 202 g/mol. The number of nitrogens with zero attached hydrogens (tertiary/aromatic N) is 1. The lowest BCUT2D eigenvalue weighted by molar-refractivity contribution is 0.632. The van der Waals surface area contributed by atoms with Crippen molar-refractivity contribution in [2.75, 3.05) is 5.73 Å². The van der Waals surface area contributed by atoms with Gasteiger partial charge in [-0.1, -0.05) is 12.1 Å². The molecule has 1 heterocycles. The molecule has 0 radical (unpaired) electrons. The lowest BCUT2D eigenvalue weighted by Crippen LogP contribution is -1.92. The molecule has 0 aliphatic rings. The van der Waals surface area contributed by atoms with Crippen LogP contribution in [0, 0.1) is 12.7 Å². The van der Waals surface area contributed by atoms with Crippen molar-refractivity contribution in [1.29, 1.82) is 0 Å². The molecule has 0 aliphatic carbocycles. The fourth-order valence-corrected chi connectivity index (χ4v) is 1.50.